The third kappa shape index (κ3) is 4.12. The van der Waals surface area contributed by atoms with Gasteiger partial charge in [-0.25, -0.2) is 4.98 Å². The van der Waals surface area contributed by atoms with Crippen molar-refractivity contribution >= 4 is 16.8 Å². The number of rotatable bonds is 6. The fourth-order valence-corrected chi connectivity index (χ4v) is 3.47. The van der Waals surface area contributed by atoms with Crippen LogP contribution in [0.3, 0.4) is 0 Å². The van der Waals surface area contributed by atoms with Crippen molar-refractivity contribution in [1.82, 2.24) is 19.9 Å². The quantitative estimate of drug-likeness (QED) is 0.540. The molecule has 0 aliphatic carbocycles. The number of hydrogen-bond donors (Lipinski definition) is 1. The first-order valence-corrected chi connectivity index (χ1v) is 9.83. The summed E-state index contributed by atoms with van der Waals surface area (Å²) in [6.07, 6.45) is 3.38. The molecule has 2 aromatic heterocycles. The van der Waals surface area contributed by atoms with E-state index in [1.54, 1.807) is 12.3 Å². The van der Waals surface area contributed by atoms with Crippen LogP contribution in [0, 0.1) is 6.92 Å². The number of para-hydroxylation sites is 1. The highest BCUT2D eigenvalue weighted by Gasteiger charge is 2.18. The maximum absolute atomic E-state index is 12.7. The lowest BCUT2D eigenvalue weighted by Crippen LogP contribution is -2.31. The Hall–Kier alpha value is -3.80. The van der Waals surface area contributed by atoms with Gasteiger partial charge in [-0.3, -0.25) is 19.1 Å². The van der Waals surface area contributed by atoms with E-state index in [2.05, 4.69) is 15.3 Å². The Labute approximate surface area is 174 Å². The van der Waals surface area contributed by atoms with Gasteiger partial charge in [0.25, 0.3) is 5.56 Å². The number of aromatic nitrogens is 3. The molecular formula is C24H22N4O2. The predicted molar refractivity (Wildman–Crippen MR) is 116 cm³/mol. The molecule has 150 valence electrons. The van der Waals surface area contributed by atoms with Crippen LogP contribution in [-0.4, -0.2) is 20.4 Å². The van der Waals surface area contributed by atoms with Gasteiger partial charge in [0.05, 0.1) is 29.0 Å². The van der Waals surface area contributed by atoms with Crippen LogP contribution in [0.4, 0.5) is 0 Å². The van der Waals surface area contributed by atoms with Crippen LogP contribution in [0.25, 0.3) is 10.9 Å². The average Bonchev–Trinajstić information content (AvgIpc) is 2.79. The fraction of sp³-hybridized carbons (Fsp3) is 0.167. The Morgan fingerprint density at radius 1 is 1.00 bits per heavy atom. The van der Waals surface area contributed by atoms with E-state index in [9.17, 15) is 9.59 Å². The van der Waals surface area contributed by atoms with Gasteiger partial charge in [-0.15, -0.1) is 0 Å². The van der Waals surface area contributed by atoms with Crippen LogP contribution in [0.2, 0.25) is 0 Å². The van der Waals surface area contributed by atoms with Crippen molar-refractivity contribution in [3.8, 4) is 0 Å². The first kappa shape index (κ1) is 19.5. The molecule has 6 nitrogen and oxygen atoms in total. The molecule has 1 N–H and O–H groups in total. The van der Waals surface area contributed by atoms with E-state index in [4.69, 9.17) is 0 Å². The van der Waals surface area contributed by atoms with Gasteiger partial charge >= 0.3 is 0 Å². The predicted octanol–water partition coefficient (Wildman–Crippen LogP) is 3.40. The molecule has 0 aliphatic heterocycles. The maximum atomic E-state index is 12.7. The molecule has 6 heteroatoms. The Morgan fingerprint density at radius 2 is 1.80 bits per heavy atom. The third-order valence-corrected chi connectivity index (χ3v) is 5.06. The van der Waals surface area contributed by atoms with Crippen LogP contribution in [-0.2, 0) is 11.3 Å². The van der Waals surface area contributed by atoms with Crippen LogP contribution < -0.4 is 10.9 Å². The molecule has 1 atom stereocenters. The van der Waals surface area contributed by atoms with Crippen LogP contribution >= 0.6 is 0 Å². The normalized spacial score (nSPS) is 11.9. The summed E-state index contributed by atoms with van der Waals surface area (Å²) in [6.45, 7) is 2.18. The molecule has 0 fully saturated rings. The maximum Gasteiger partial charge on any atom is 0.261 e. The molecule has 4 aromatic rings. The molecule has 0 aliphatic rings. The highest BCUT2D eigenvalue weighted by Crippen LogP contribution is 2.20. The summed E-state index contributed by atoms with van der Waals surface area (Å²) >= 11 is 0. The van der Waals surface area contributed by atoms with Crippen LogP contribution in [0.1, 0.15) is 29.3 Å². The summed E-state index contributed by atoms with van der Waals surface area (Å²) < 4.78 is 1.49. The number of pyridine rings is 1. The summed E-state index contributed by atoms with van der Waals surface area (Å²) in [4.78, 5) is 34.3. The lowest BCUT2D eigenvalue weighted by atomic mass is 10.0. The van der Waals surface area contributed by atoms with Crippen molar-refractivity contribution in [3.63, 3.8) is 0 Å². The van der Waals surface area contributed by atoms with E-state index in [0.29, 0.717) is 10.9 Å². The summed E-state index contributed by atoms with van der Waals surface area (Å²) in [5, 5.41) is 3.61. The molecule has 0 saturated heterocycles. The van der Waals surface area contributed by atoms with Crippen LogP contribution in [0.5, 0.6) is 0 Å². The second-order valence-corrected chi connectivity index (χ2v) is 7.13. The third-order valence-electron chi connectivity index (χ3n) is 5.06. The molecule has 0 bridgehead atoms. The van der Waals surface area contributed by atoms with Gasteiger partial charge in [0.2, 0.25) is 5.91 Å². The van der Waals surface area contributed by atoms with Crippen molar-refractivity contribution in [3.05, 3.63) is 106 Å². The van der Waals surface area contributed by atoms with Gasteiger partial charge in [0.1, 0.15) is 0 Å². The minimum absolute atomic E-state index is 0.138. The number of carbonyl (C=O) groups excluding carboxylic acids is 1. The molecule has 30 heavy (non-hydrogen) atoms. The van der Waals surface area contributed by atoms with E-state index >= 15 is 0 Å². The van der Waals surface area contributed by atoms with Gasteiger partial charge in [0, 0.05) is 19.2 Å². The standard InChI is InChI=1S/C24H22N4O2/c1-17-8-7-11-19-22(17)26-16-28(24(19)30)15-13-21(29)27-23(18-9-3-2-4-10-18)20-12-5-6-14-25-20/h2-12,14,16,23H,13,15H2,1H3,(H,27,29). The first-order chi connectivity index (χ1) is 14.6. The van der Waals surface area contributed by atoms with Crippen molar-refractivity contribution in [2.24, 2.45) is 0 Å². The summed E-state index contributed by atoms with van der Waals surface area (Å²) in [7, 11) is 0. The highest BCUT2D eigenvalue weighted by molar-refractivity contribution is 5.80. The van der Waals surface area contributed by atoms with E-state index in [-0.39, 0.29) is 30.5 Å². The molecule has 0 spiro atoms. The van der Waals surface area contributed by atoms with Gasteiger partial charge in [-0.2, -0.15) is 0 Å². The monoisotopic (exact) mass is 398 g/mol. The lowest BCUT2D eigenvalue weighted by molar-refractivity contribution is -0.121. The fourth-order valence-electron chi connectivity index (χ4n) is 3.47. The topological polar surface area (TPSA) is 76.9 Å². The van der Waals surface area contributed by atoms with Crippen molar-refractivity contribution in [1.29, 1.82) is 0 Å². The SMILES string of the molecule is Cc1cccc2c(=O)n(CCC(=O)NC(c3ccccc3)c3ccccn3)cnc12. The Morgan fingerprint density at radius 3 is 2.57 bits per heavy atom. The zero-order valence-corrected chi connectivity index (χ0v) is 16.7. The number of nitrogens with one attached hydrogen (secondary N) is 1. The van der Waals surface area contributed by atoms with E-state index < -0.39 is 0 Å². The summed E-state index contributed by atoms with van der Waals surface area (Å²) in [6, 6.07) is 20.5. The number of hydrogen-bond acceptors (Lipinski definition) is 4. The van der Waals surface area contributed by atoms with Crippen molar-refractivity contribution < 1.29 is 4.79 Å². The Balaban J connectivity index is 1.51. The average molecular weight is 398 g/mol. The van der Waals surface area contributed by atoms with E-state index in [1.165, 1.54) is 10.9 Å². The van der Waals surface area contributed by atoms with Crippen molar-refractivity contribution in [2.45, 2.75) is 25.9 Å². The van der Waals surface area contributed by atoms with Gasteiger partial charge in [-0.1, -0.05) is 48.5 Å². The molecule has 0 radical (unpaired) electrons. The van der Waals surface area contributed by atoms with Crippen molar-refractivity contribution in [2.75, 3.05) is 0 Å². The number of benzene rings is 2. The molecule has 2 heterocycles. The zero-order valence-electron chi connectivity index (χ0n) is 16.7. The summed E-state index contributed by atoms with van der Waals surface area (Å²) in [5.41, 5.74) is 3.22. The van der Waals surface area contributed by atoms with Gasteiger partial charge < -0.3 is 5.32 Å². The molecule has 2 aromatic carbocycles. The number of nitrogens with zero attached hydrogens (tertiary/aromatic N) is 3. The molecule has 4 rings (SSSR count). The second-order valence-electron chi connectivity index (χ2n) is 7.13. The summed E-state index contributed by atoms with van der Waals surface area (Å²) in [5.74, 6) is -0.161. The highest BCUT2D eigenvalue weighted by atomic mass is 16.2. The number of carbonyl (C=O) groups is 1. The molecule has 0 saturated carbocycles. The van der Waals surface area contributed by atoms with Crippen LogP contribution in [0.15, 0.2) is 84.0 Å². The van der Waals surface area contributed by atoms with Gasteiger partial charge in [0.15, 0.2) is 0 Å². The lowest BCUT2D eigenvalue weighted by Gasteiger charge is -2.19. The zero-order chi connectivity index (χ0) is 20.9. The smallest absolute Gasteiger partial charge is 0.261 e. The number of aryl methyl sites for hydroxylation is 2. The first-order valence-electron chi connectivity index (χ1n) is 9.83. The molecular weight excluding hydrogens is 376 g/mol. The second kappa shape index (κ2) is 8.69. The van der Waals surface area contributed by atoms with Gasteiger partial charge in [-0.05, 0) is 36.2 Å². The number of fused-ring (bicyclic) bond motifs is 1. The van der Waals surface area contributed by atoms with E-state index in [1.807, 2.05) is 67.6 Å². The largest absolute Gasteiger partial charge is 0.344 e. The Kier molecular flexibility index (Phi) is 5.66. The van der Waals surface area contributed by atoms with E-state index in [0.717, 1.165) is 16.8 Å². The Bertz CT molecular complexity index is 1180. The molecule has 1 amide bonds. The molecule has 1 unspecified atom stereocenters. The minimum Gasteiger partial charge on any atom is -0.344 e. The minimum atomic E-state index is -0.353. The number of amides is 1.